The van der Waals surface area contributed by atoms with E-state index in [2.05, 4.69) is 50.0 Å². The molecule has 112 valence electrons. The van der Waals surface area contributed by atoms with E-state index in [4.69, 9.17) is 4.98 Å². The van der Waals surface area contributed by atoms with Crippen LogP contribution < -0.4 is 10.2 Å². The first-order valence-electron chi connectivity index (χ1n) is 7.86. The molecule has 1 fully saturated rings. The lowest BCUT2D eigenvalue weighted by Gasteiger charge is -2.37. The molecule has 1 aliphatic carbocycles. The lowest BCUT2D eigenvalue weighted by molar-refractivity contribution is 0.404. The summed E-state index contributed by atoms with van der Waals surface area (Å²) in [6, 6.07) is 5.27. The Bertz CT molecular complexity index is 590. The van der Waals surface area contributed by atoms with Crippen LogP contribution >= 0.6 is 0 Å². The van der Waals surface area contributed by atoms with Crippen molar-refractivity contribution in [2.24, 2.45) is 0 Å². The van der Waals surface area contributed by atoms with E-state index in [0.717, 1.165) is 37.3 Å². The molecule has 2 heterocycles. The quantitative estimate of drug-likeness (QED) is 0.860. The van der Waals surface area contributed by atoms with Crippen LogP contribution in [0.25, 0.3) is 0 Å². The van der Waals surface area contributed by atoms with Crippen molar-refractivity contribution in [2.45, 2.75) is 58.0 Å². The predicted molar refractivity (Wildman–Crippen MR) is 84.6 cm³/mol. The monoisotopic (exact) mass is 284 g/mol. The van der Waals surface area contributed by atoms with Crippen LogP contribution in [0.3, 0.4) is 0 Å². The van der Waals surface area contributed by atoms with Gasteiger partial charge in [-0.3, -0.25) is 0 Å². The van der Waals surface area contributed by atoms with Gasteiger partial charge in [0, 0.05) is 30.6 Å². The number of hydrogen-bond donors (Lipinski definition) is 1. The fourth-order valence-corrected chi connectivity index (χ4v) is 3.71. The summed E-state index contributed by atoms with van der Waals surface area (Å²) < 4.78 is 0. The van der Waals surface area contributed by atoms with Gasteiger partial charge in [-0.2, -0.15) is 5.26 Å². The minimum atomic E-state index is 0.128. The van der Waals surface area contributed by atoms with Crippen LogP contribution in [-0.2, 0) is 11.8 Å². The Labute approximate surface area is 127 Å². The van der Waals surface area contributed by atoms with Crippen molar-refractivity contribution >= 4 is 5.82 Å². The van der Waals surface area contributed by atoms with Gasteiger partial charge in [0.15, 0.2) is 0 Å². The zero-order chi connectivity index (χ0) is 15.2. The number of aryl methyl sites for hydroxylation is 1. The molecule has 3 rings (SSSR count). The van der Waals surface area contributed by atoms with Gasteiger partial charge >= 0.3 is 0 Å². The van der Waals surface area contributed by atoms with E-state index in [9.17, 15) is 5.26 Å². The molecule has 1 N–H and O–H groups in total. The Morgan fingerprint density at radius 1 is 1.33 bits per heavy atom. The van der Waals surface area contributed by atoms with E-state index in [1.54, 1.807) is 0 Å². The summed E-state index contributed by atoms with van der Waals surface area (Å²) >= 11 is 0. The highest BCUT2D eigenvalue weighted by atomic mass is 15.3. The smallest absolute Gasteiger partial charge is 0.146 e. The molecule has 0 unspecified atom stereocenters. The summed E-state index contributed by atoms with van der Waals surface area (Å²) in [5.74, 6) is 0.881. The second-order valence-corrected chi connectivity index (χ2v) is 7.24. The van der Waals surface area contributed by atoms with Crippen LogP contribution in [0.2, 0.25) is 0 Å². The first kappa shape index (κ1) is 14.3. The van der Waals surface area contributed by atoms with Crippen LogP contribution in [0.5, 0.6) is 0 Å². The number of nitrogens with zero attached hydrogens (tertiary/aromatic N) is 3. The molecule has 0 radical (unpaired) electrons. The summed E-state index contributed by atoms with van der Waals surface area (Å²) in [5.41, 5.74) is 3.31. The van der Waals surface area contributed by atoms with E-state index < -0.39 is 0 Å². The summed E-state index contributed by atoms with van der Waals surface area (Å²) in [6.07, 6.45) is 2.16. The van der Waals surface area contributed by atoms with Crippen LogP contribution in [-0.4, -0.2) is 30.2 Å². The molecule has 21 heavy (non-hydrogen) atoms. The van der Waals surface area contributed by atoms with Crippen LogP contribution in [0.4, 0.5) is 5.82 Å². The van der Waals surface area contributed by atoms with Gasteiger partial charge in [-0.15, -0.1) is 0 Å². The number of pyridine rings is 1. The highest BCUT2D eigenvalue weighted by Gasteiger charge is 2.34. The number of hydrogen-bond acceptors (Lipinski definition) is 4. The molecule has 0 amide bonds. The molecule has 1 aromatic heterocycles. The van der Waals surface area contributed by atoms with Crippen LogP contribution in [0, 0.1) is 11.3 Å². The second kappa shape index (κ2) is 4.99. The first-order chi connectivity index (χ1) is 9.90. The summed E-state index contributed by atoms with van der Waals surface area (Å²) in [7, 11) is 0. The highest BCUT2D eigenvalue weighted by molar-refractivity contribution is 5.58. The normalized spacial score (nSPS) is 27.3. The Hall–Kier alpha value is -1.60. The average Bonchev–Trinajstić information content (AvgIpc) is 2.71. The maximum atomic E-state index is 9.51. The molecule has 4 heteroatoms. The van der Waals surface area contributed by atoms with Crippen LogP contribution in [0.15, 0.2) is 6.07 Å². The van der Waals surface area contributed by atoms with E-state index in [0.29, 0.717) is 12.1 Å². The fourth-order valence-electron chi connectivity index (χ4n) is 3.71. The number of rotatable bonds is 1. The lowest BCUT2D eigenvalue weighted by atomic mass is 9.90. The van der Waals surface area contributed by atoms with Crippen molar-refractivity contribution < 1.29 is 0 Å². The van der Waals surface area contributed by atoms with Gasteiger partial charge in [0.2, 0.25) is 0 Å². The maximum Gasteiger partial charge on any atom is 0.146 e. The number of piperazine rings is 1. The lowest BCUT2D eigenvalue weighted by Crippen LogP contribution is -2.54. The Morgan fingerprint density at radius 3 is 2.62 bits per heavy atom. The van der Waals surface area contributed by atoms with E-state index in [1.165, 1.54) is 11.3 Å². The number of nitriles is 1. The third kappa shape index (κ3) is 2.51. The molecule has 0 saturated carbocycles. The Morgan fingerprint density at radius 2 is 2.00 bits per heavy atom. The van der Waals surface area contributed by atoms with Crippen molar-refractivity contribution in [3.63, 3.8) is 0 Å². The van der Waals surface area contributed by atoms with Crippen molar-refractivity contribution in [3.05, 3.63) is 22.9 Å². The molecular formula is C17H24N4. The summed E-state index contributed by atoms with van der Waals surface area (Å²) in [6.45, 7) is 10.7. The molecule has 1 saturated heterocycles. The van der Waals surface area contributed by atoms with Gasteiger partial charge in [0.25, 0.3) is 0 Å². The Balaban J connectivity index is 2.04. The summed E-state index contributed by atoms with van der Waals surface area (Å²) in [4.78, 5) is 7.22. The van der Waals surface area contributed by atoms with E-state index in [-0.39, 0.29) is 5.41 Å². The van der Waals surface area contributed by atoms with Crippen LogP contribution in [0.1, 0.15) is 50.9 Å². The van der Waals surface area contributed by atoms with E-state index >= 15 is 0 Å². The molecule has 0 aromatic carbocycles. The molecule has 2 aliphatic rings. The molecule has 0 bridgehead atoms. The van der Waals surface area contributed by atoms with Crippen molar-refractivity contribution in [1.29, 1.82) is 5.26 Å². The van der Waals surface area contributed by atoms with Gasteiger partial charge in [-0.05, 0) is 38.3 Å². The van der Waals surface area contributed by atoms with Gasteiger partial charge in [0.05, 0.1) is 11.3 Å². The van der Waals surface area contributed by atoms with Gasteiger partial charge in [-0.1, -0.05) is 13.8 Å². The number of fused-ring (bicyclic) bond motifs is 1. The number of aromatic nitrogens is 1. The minimum absolute atomic E-state index is 0.128. The molecule has 2 atom stereocenters. The maximum absolute atomic E-state index is 9.51. The SMILES string of the molecule is C[C@@H]1CN(c2nc3c(cc2C#N)CCC3(C)C)C[C@H](C)N1. The Kier molecular flexibility index (Phi) is 3.41. The van der Waals surface area contributed by atoms with Crippen molar-refractivity contribution in [1.82, 2.24) is 10.3 Å². The zero-order valence-electron chi connectivity index (χ0n) is 13.4. The number of nitrogens with one attached hydrogen (secondary N) is 1. The second-order valence-electron chi connectivity index (χ2n) is 7.24. The minimum Gasteiger partial charge on any atom is -0.352 e. The number of anilines is 1. The van der Waals surface area contributed by atoms with Gasteiger partial charge in [-0.25, -0.2) is 4.98 Å². The van der Waals surface area contributed by atoms with Gasteiger partial charge < -0.3 is 10.2 Å². The largest absolute Gasteiger partial charge is 0.352 e. The molecule has 1 aromatic rings. The topological polar surface area (TPSA) is 52.0 Å². The summed E-state index contributed by atoms with van der Waals surface area (Å²) in [5, 5.41) is 13.0. The van der Waals surface area contributed by atoms with Gasteiger partial charge in [0.1, 0.15) is 11.9 Å². The molecule has 4 nitrogen and oxygen atoms in total. The predicted octanol–water partition coefficient (Wildman–Crippen LogP) is 2.36. The van der Waals surface area contributed by atoms with E-state index in [1.807, 2.05) is 0 Å². The third-order valence-corrected chi connectivity index (χ3v) is 4.72. The first-order valence-corrected chi connectivity index (χ1v) is 7.86. The highest BCUT2D eigenvalue weighted by Crippen LogP contribution is 2.39. The van der Waals surface area contributed by atoms with Crippen molar-refractivity contribution in [3.8, 4) is 6.07 Å². The van der Waals surface area contributed by atoms with Crippen molar-refractivity contribution in [2.75, 3.05) is 18.0 Å². The average molecular weight is 284 g/mol. The molecule has 1 aliphatic heterocycles. The third-order valence-electron chi connectivity index (χ3n) is 4.72. The zero-order valence-corrected chi connectivity index (χ0v) is 13.4. The standard InChI is InChI=1S/C17H24N4/c1-11-9-21(10-12(2)19-11)16-14(8-18)7-13-5-6-17(3,4)15(13)20-16/h7,11-12,19H,5-6,9-10H2,1-4H3/t11-,12+. The molecular weight excluding hydrogens is 260 g/mol. The fraction of sp³-hybridized carbons (Fsp3) is 0.647. The molecule has 0 spiro atoms.